The molecular formula is C13H28N4O2. The highest BCUT2D eigenvalue weighted by Gasteiger charge is 2.32. The first-order valence-electron chi connectivity index (χ1n) is 6.70. The maximum Gasteiger partial charge on any atom is 0.233 e. The van der Waals surface area contributed by atoms with Gasteiger partial charge < -0.3 is 21.2 Å². The number of carbonyl (C=O) groups is 1. The molecule has 0 atom stereocenters. The molecule has 0 aliphatic carbocycles. The summed E-state index contributed by atoms with van der Waals surface area (Å²) >= 11 is 0. The molecule has 4 N–H and O–H groups in total. The lowest BCUT2D eigenvalue weighted by Gasteiger charge is -2.22. The number of rotatable bonds is 8. The minimum atomic E-state index is -0.983. The van der Waals surface area contributed by atoms with Gasteiger partial charge in [-0.3, -0.25) is 4.79 Å². The summed E-state index contributed by atoms with van der Waals surface area (Å²) in [4.78, 5) is 14.1. The highest BCUT2D eigenvalue weighted by atomic mass is 16.4. The Morgan fingerprint density at radius 1 is 1.42 bits per heavy atom. The van der Waals surface area contributed by atoms with E-state index >= 15 is 0 Å². The van der Waals surface area contributed by atoms with Crippen LogP contribution < -0.4 is 11.1 Å². The predicted molar refractivity (Wildman–Crippen MR) is 77.2 cm³/mol. The second kappa shape index (κ2) is 7.99. The Labute approximate surface area is 116 Å². The molecule has 0 aliphatic heterocycles. The molecule has 0 saturated carbocycles. The smallest absolute Gasteiger partial charge is 0.233 e. The Kier molecular flexibility index (Phi) is 7.44. The van der Waals surface area contributed by atoms with Gasteiger partial charge in [0.2, 0.25) is 5.91 Å². The molecular weight excluding hydrogens is 244 g/mol. The molecule has 19 heavy (non-hydrogen) atoms. The average Bonchev–Trinajstić information content (AvgIpc) is 2.36. The van der Waals surface area contributed by atoms with Gasteiger partial charge in [0, 0.05) is 12.6 Å². The number of amidine groups is 1. The number of oxime groups is 1. The minimum absolute atomic E-state index is 0.0791. The van der Waals surface area contributed by atoms with Crippen molar-refractivity contribution in [3.05, 3.63) is 0 Å². The zero-order chi connectivity index (χ0) is 15.1. The van der Waals surface area contributed by atoms with E-state index in [4.69, 9.17) is 10.9 Å². The molecule has 0 bridgehead atoms. The number of hydrogen-bond donors (Lipinski definition) is 3. The molecule has 0 fully saturated rings. The summed E-state index contributed by atoms with van der Waals surface area (Å²) in [6.07, 6.45) is 1.94. The fraction of sp³-hybridized carbons (Fsp3) is 0.846. The Balaban J connectivity index is 3.94. The summed E-state index contributed by atoms with van der Waals surface area (Å²) < 4.78 is 0. The Morgan fingerprint density at radius 2 is 2.00 bits per heavy atom. The van der Waals surface area contributed by atoms with Crippen molar-refractivity contribution >= 4 is 11.7 Å². The third-order valence-electron chi connectivity index (χ3n) is 3.42. The van der Waals surface area contributed by atoms with Gasteiger partial charge in [-0.1, -0.05) is 5.16 Å². The molecule has 0 rings (SSSR count). The lowest BCUT2D eigenvalue weighted by atomic mass is 9.91. The Morgan fingerprint density at radius 3 is 2.47 bits per heavy atom. The maximum absolute atomic E-state index is 11.9. The summed E-state index contributed by atoms with van der Waals surface area (Å²) in [5, 5.41) is 14.3. The number of unbranched alkanes of at least 4 members (excludes halogenated alkanes) is 1. The van der Waals surface area contributed by atoms with Crippen molar-refractivity contribution in [2.24, 2.45) is 16.3 Å². The van der Waals surface area contributed by atoms with E-state index in [9.17, 15) is 4.79 Å². The standard InChI is InChI=1S/C13H28N4O2/c1-10(2)17(5)9-7-6-8-15-12(18)13(3,4)11(14)16-19/h10,19H,6-9H2,1-5H3,(H2,14,16)(H,15,18). The molecule has 0 radical (unpaired) electrons. The molecule has 0 unspecified atom stereocenters. The summed E-state index contributed by atoms with van der Waals surface area (Å²) in [5.74, 6) is -0.301. The van der Waals surface area contributed by atoms with Crippen LogP contribution in [0.4, 0.5) is 0 Å². The predicted octanol–water partition coefficient (Wildman–Crippen LogP) is 0.996. The van der Waals surface area contributed by atoms with E-state index in [0.717, 1.165) is 19.4 Å². The zero-order valence-electron chi connectivity index (χ0n) is 12.7. The van der Waals surface area contributed by atoms with E-state index < -0.39 is 5.41 Å². The number of hydrogen-bond acceptors (Lipinski definition) is 4. The van der Waals surface area contributed by atoms with Gasteiger partial charge >= 0.3 is 0 Å². The van der Waals surface area contributed by atoms with E-state index in [1.54, 1.807) is 13.8 Å². The van der Waals surface area contributed by atoms with E-state index in [1.807, 2.05) is 0 Å². The number of amides is 1. The van der Waals surface area contributed by atoms with Crippen molar-refractivity contribution in [2.75, 3.05) is 20.1 Å². The lowest BCUT2D eigenvalue weighted by molar-refractivity contribution is -0.126. The minimum Gasteiger partial charge on any atom is -0.409 e. The molecule has 0 aromatic carbocycles. The fourth-order valence-electron chi connectivity index (χ4n) is 1.41. The van der Waals surface area contributed by atoms with Crippen LogP contribution in [-0.2, 0) is 4.79 Å². The van der Waals surface area contributed by atoms with E-state index in [0.29, 0.717) is 12.6 Å². The van der Waals surface area contributed by atoms with Crippen LogP contribution in [0, 0.1) is 5.41 Å². The lowest BCUT2D eigenvalue weighted by Crippen LogP contribution is -2.46. The highest BCUT2D eigenvalue weighted by molar-refractivity contribution is 6.05. The first-order valence-corrected chi connectivity index (χ1v) is 6.70. The number of nitrogens with zero attached hydrogens (tertiary/aromatic N) is 2. The van der Waals surface area contributed by atoms with Gasteiger partial charge in [-0.2, -0.15) is 0 Å². The normalized spacial score (nSPS) is 13.1. The van der Waals surface area contributed by atoms with E-state index in [-0.39, 0.29) is 11.7 Å². The van der Waals surface area contributed by atoms with Gasteiger partial charge in [-0.25, -0.2) is 0 Å². The third kappa shape index (κ3) is 5.92. The number of nitrogens with one attached hydrogen (secondary N) is 1. The van der Waals surface area contributed by atoms with Crippen LogP contribution in [0.1, 0.15) is 40.5 Å². The van der Waals surface area contributed by atoms with Gasteiger partial charge in [0.1, 0.15) is 5.41 Å². The van der Waals surface area contributed by atoms with Gasteiger partial charge in [0.25, 0.3) is 0 Å². The van der Waals surface area contributed by atoms with Crippen LogP contribution in [0.2, 0.25) is 0 Å². The van der Waals surface area contributed by atoms with E-state index in [2.05, 4.69) is 36.3 Å². The molecule has 112 valence electrons. The average molecular weight is 272 g/mol. The molecule has 6 nitrogen and oxygen atoms in total. The van der Waals surface area contributed by atoms with Crippen molar-refractivity contribution in [2.45, 2.75) is 46.6 Å². The fourth-order valence-corrected chi connectivity index (χ4v) is 1.41. The molecule has 6 heteroatoms. The molecule has 0 aromatic rings. The number of nitrogens with two attached hydrogens (primary N) is 1. The van der Waals surface area contributed by atoms with Crippen molar-refractivity contribution in [1.29, 1.82) is 0 Å². The second-order valence-electron chi connectivity index (χ2n) is 5.65. The summed E-state index contributed by atoms with van der Waals surface area (Å²) in [6, 6.07) is 0.536. The second-order valence-corrected chi connectivity index (χ2v) is 5.65. The van der Waals surface area contributed by atoms with Crippen molar-refractivity contribution in [3.8, 4) is 0 Å². The molecule has 0 spiro atoms. The largest absolute Gasteiger partial charge is 0.409 e. The monoisotopic (exact) mass is 272 g/mol. The van der Waals surface area contributed by atoms with Gasteiger partial charge in [0.15, 0.2) is 5.84 Å². The SMILES string of the molecule is CC(C)N(C)CCCCNC(=O)C(C)(C)C(N)=NO. The molecule has 0 aromatic heterocycles. The molecule has 0 saturated heterocycles. The zero-order valence-corrected chi connectivity index (χ0v) is 12.7. The van der Waals surface area contributed by atoms with Crippen molar-refractivity contribution < 1.29 is 10.0 Å². The summed E-state index contributed by atoms with van der Waals surface area (Å²) in [5.41, 5.74) is 4.50. The first-order chi connectivity index (χ1) is 8.73. The van der Waals surface area contributed by atoms with E-state index in [1.165, 1.54) is 0 Å². The molecule has 0 heterocycles. The first kappa shape index (κ1) is 17.7. The quantitative estimate of drug-likeness (QED) is 0.202. The van der Waals surface area contributed by atoms with Gasteiger partial charge in [-0.15, -0.1) is 0 Å². The van der Waals surface area contributed by atoms with Crippen molar-refractivity contribution in [1.82, 2.24) is 10.2 Å². The van der Waals surface area contributed by atoms with Crippen LogP contribution >= 0.6 is 0 Å². The van der Waals surface area contributed by atoms with Gasteiger partial charge in [0.05, 0.1) is 0 Å². The maximum atomic E-state index is 11.9. The Hall–Kier alpha value is -1.30. The molecule has 0 aliphatic rings. The Bertz CT molecular complexity index is 314. The van der Waals surface area contributed by atoms with Crippen LogP contribution in [0.3, 0.4) is 0 Å². The van der Waals surface area contributed by atoms with Crippen LogP contribution in [0.25, 0.3) is 0 Å². The van der Waals surface area contributed by atoms with Gasteiger partial charge in [-0.05, 0) is 54.1 Å². The van der Waals surface area contributed by atoms with Crippen LogP contribution in [-0.4, -0.2) is 48.0 Å². The molecule has 1 amide bonds. The van der Waals surface area contributed by atoms with Crippen molar-refractivity contribution in [3.63, 3.8) is 0 Å². The number of carbonyl (C=O) groups excluding carboxylic acids is 1. The topological polar surface area (TPSA) is 91.0 Å². The highest BCUT2D eigenvalue weighted by Crippen LogP contribution is 2.15. The summed E-state index contributed by atoms with van der Waals surface area (Å²) in [7, 11) is 2.09. The van der Waals surface area contributed by atoms with Crippen LogP contribution in [0.15, 0.2) is 5.16 Å². The van der Waals surface area contributed by atoms with Crippen LogP contribution in [0.5, 0.6) is 0 Å². The summed E-state index contributed by atoms with van der Waals surface area (Å²) in [6.45, 7) is 9.18. The third-order valence-corrected chi connectivity index (χ3v) is 3.42.